The van der Waals surface area contributed by atoms with Gasteiger partial charge in [-0.3, -0.25) is 4.98 Å². The van der Waals surface area contributed by atoms with E-state index in [4.69, 9.17) is 28.0 Å². The van der Waals surface area contributed by atoms with Crippen LogP contribution >= 0.6 is 23.2 Å². The van der Waals surface area contributed by atoms with Crippen molar-refractivity contribution in [1.82, 2.24) is 4.98 Å². The summed E-state index contributed by atoms with van der Waals surface area (Å²) in [6, 6.07) is 8.97. The molecule has 0 aliphatic heterocycles. The van der Waals surface area contributed by atoms with Crippen molar-refractivity contribution in [2.24, 2.45) is 5.16 Å². The smallest absolute Gasteiger partial charge is 0.145 e. The number of benzene rings is 1. The molecule has 18 heavy (non-hydrogen) atoms. The minimum Gasteiger partial charge on any atom is -0.391 e. The summed E-state index contributed by atoms with van der Waals surface area (Å²) in [5.41, 5.74) is 1.64. The van der Waals surface area contributed by atoms with Gasteiger partial charge in [-0.05, 0) is 29.8 Å². The summed E-state index contributed by atoms with van der Waals surface area (Å²) in [5, 5.41) is 4.99. The van der Waals surface area contributed by atoms with Gasteiger partial charge in [-0.2, -0.15) is 0 Å². The highest BCUT2D eigenvalue weighted by Crippen LogP contribution is 2.24. The molecule has 1 aromatic carbocycles. The predicted octanol–water partition coefficient (Wildman–Crippen LogP) is 3.94. The first-order valence-electron chi connectivity index (χ1n) is 5.25. The van der Waals surface area contributed by atoms with Crippen molar-refractivity contribution in [2.75, 3.05) is 0 Å². The molecule has 1 aromatic heterocycles. The molecule has 0 saturated carbocycles. The van der Waals surface area contributed by atoms with Crippen LogP contribution in [0.25, 0.3) is 0 Å². The van der Waals surface area contributed by atoms with Crippen molar-refractivity contribution in [3.05, 3.63) is 63.9 Å². The van der Waals surface area contributed by atoms with Gasteiger partial charge in [0.05, 0.1) is 6.21 Å². The minimum atomic E-state index is 0.236. The first-order chi connectivity index (χ1) is 8.77. The van der Waals surface area contributed by atoms with Gasteiger partial charge in [-0.15, -0.1) is 0 Å². The Morgan fingerprint density at radius 2 is 1.78 bits per heavy atom. The van der Waals surface area contributed by atoms with Crippen molar-refractivity contribution in [3.63, 3.8) is 0 Å². The molecule has 92 valence electrons. The van der Waals surface area contributed by atoms with Crippen molar-refractivity contribution in [3.8, 4) is 0 Å². The molecule has 1 heterocycles. The van der Waals surface area contributed by atoms with Gasteiger partial charge in [0, 0.05) is 28.0 Å². The quantitative estimate of drug-likeness (QED) is 0.628. The first kappa shape index (κ1) is 12.9. The van der Waals surface area contributed by atoms with Crippen LogP contribution in [0.1, 0.15) is 11.1 Å². The molecule has 0 spiro atoms. The van der Waals surface area contributed by atoms with Crippen molar-refractivity contribution >= 4 is 29.4 Å². The van der Waals surface area contributed by atoms with E-state index in [1.54, 1.807) is 36.8 Å². The highest BCUT2D eigenvalue weighted by atomic mass is 35.5. The molecule has 0 saturated heterocycles. The van der Waals surface area contributed by atoms with Crippen LogP contribution in [-0.4, -0.2) is 11.2 Å². The Bertz CT molecular complexity index is 524. The van der Waals surface area contributed by atoms with Gasteiger partial charge in [-0.1, -0.05) is 34.4 Å². The predicted molar refractivity (Wildman–Crippen MR) is 73.1 cm³/mol. The Morgan fingerprint density at radius 1 is 1.11 bits per heavy atom. The number of hydrogen-bond donors (Lipinski definition) is 0. The second-order valence-electron chi connectivity index (χ2n) is 3.49. The van der Waals surface area contributed by atoms with E-state index in [0.717, 1.165) is 11.1 Å². The van der Waals surface area contributed by atoms with Crippen LogP contribution in [0, 0.1) is 0 Å². The Hall–Kier alpha value is -1.58. The Balaban J connectivity index is 1.95. The summed E-state index contributed by atoms with van der Waals surface area (Å²) in [4.78, 5) is 9.07. The van der Waals surface area contributed by atoms with Crippen LogP contribution in [0.5, 0.6) is 0 Å². The highest BCUT2D eigenvalue weighted by Gasteiger charge is 2.04. The third kappa shape index (κ3) is 3.45. The maximum absolute atomic E-state index is 6.00. The molecule has 0 aliphatic carbocycles. The van der Waals surface area contributed by atoms with Gasteiger partial charge in [-0.25, -0.2) is 0 Å². The lowest BCUT2D eigenvalue weighted by Gasteiger charge is -2.04. The lowest BCUT2D eigenvalue weighted by Crippen LogP contribution is -1.91. The summed E-state index contributed by atoms with van der Waals surface area (Å²) in [5.74, 6) is 0. The van der Waals surface area contributed by atoms with Crippen LogP contribution in [0.4, 0.5) is 0 Å². The monoisotopic (exact) mass is 280 g/mol. The van der Waals surface area contributed by atoms with Crippen LogP contribution in [-0.2, 0) is 11.4 Å². The number of nitrogens with zero attached hydrogens (tertiary/aromatic N) is 2. The molecule has 0 bridgehead atoms. The summed E-state index contributed by atoms with van der Waals surface area (Å²) >= 11 is 12.0. The van der Waals surface area contributed by atoms with Gasteiger partial charge in [0.1, 0.15) is 6.61 Å². The van der Waals surface area contributed by atoms with E-state index in [0.29, 0.717) is 10.0 Å². The van der Waals surface area contributed by atoms with Crippen molar-refractivity contribution in [2.45, 2.75) is 6.61 Å². The van der Waals surface area contributed by atoms with E-state index >= 15 is 0 Å². The fraction of sp³-hybridized carbons (Fsp3) is 0.0769. The van der Waals surface area contributed by atoms with Crippen LogP contribution in [0.3, 0.4) is 0 Å². The Labute approximate surface area is 115 Å². The third-order valence-electron chi connectivity index (χ3n) is 2.25. The molecule has 0 atom stereocenters. The minimum absolute atomic E-state index is 0.236. The molecule has 0 amide bonds. The fourth-order valence-electron chi connectivity index (χ4n) is 1.32. The molecule has 5 heteroatoms. The molecule has 0 aliphatic rings. The molecule has 3 nitrogen and oxygen atoms in total. The van der Waals surface area contributed by atoms with E-state index in [2.05, 4.69) is 10.1 Å². The third-order valence-corrected chi connectivity index (χ3v) is 2.96. The van der Waals surface area contributed by atoms with Crippen LogP contribution < -0.4 is 0 Å². The average Bonchev–Trinajstić information content (AvgIpc) is 2.38. The standard InChI is InChI=1S/C13H10Cl2N2O/c14-12-2-1-3-13(15)11(12)9-18-17-8-10-4-6-16-7-5-10/h1-8H,9H2/b17-8-. The maximum Gasteiger partial charge on any atom is 0.145 e. The molecular weight excluding hydrogens is 271 g/mol. The number of rotatable bonds is 4. The fourth-order valence-corrected chi connectivity index (χ4v) is 1.83. The Kier molecular flexibility index (Phi) is 4.56. The summed E-state index contributed by atoms with van der Waals surface area (Å²) in [6.07, 6.45) is 4.98. The van der Waals surface area contributed by atoms with E-state index in [9.17, 15) is 0 Å². The van der Waals surface area contributed by atoms with Gasteiger partial charge in [0.2, 0.25) is 0 Å². The SMILES string of the molecule is Clc1cccc(Cl)c1CO/N=C\c1ccncc1. The second-order valence-corrected chi connectivity index (χ2v) is 4.30. The van der Waals surface area contributed by atoms with Crippen LogP contribution in [0.15, 0.2) is 47.9 Å². The molecule has 0 unspecified atom stereocenters. The normalized spacial score (nSPS) is 10.8. The van der Waals surface area contributed by atoms with E-state index in [1.807, 2.05) is 12.1 Å². The Morgan fingerprint density at radius 3 is 2.44 bits per heavy atom. The molecular formula is C13H10Cl2N2O. The van der Waals surface area contributed by atoms with Crippen LogP contribution in [0.2, 0.25) is 10.0 Å². The average molecular weight is 281 g/mol. The number of halogens is 2. The van der Waals surface area contributed by atoms with E-state index < -0.39 is 0 Å². The van der Waals surface area contributed by atoms with Gasteiger partial charge >= 0.3 is 0 Å². The second kappa shape index (κ2) is 6.38. The van der Waals surface area contributed by atoms with Crippen molar-refractivity contribution in [1.29, 1.82) is 0 Å². The largest absolute Gasteiger partial charge is 0.391 e. The van der Waals surface area contributed by atoms with Gasteiger partial charge in [0.15, 0.2) is 0 Å². The first-order valence-corrected chi connectivity index (χ1v) is 6.01. The number of oxime groups is 1. The highest BCUT2D eigenvalue weighted by molar-refractivity contribution is 6.35. The molecule has 0 N–H and O–H groups in total. The number of hydrogen-bond acceptors (Lipinski definition) is 3. The summed E-state index contributed by atoms with van der Waals surface area (Å²) < 4.78 is 0. The maximum atomic E-state index is 6.00. The van der Waals surface area contributed by atoms with E-state index in [1.165, 1.54) is 0 Å². The molecule has 0 fully saturated rings. The number of aromatic nitrogens is 1. The lowest BCUT2D eigenvalue weighted by molar-refractivity contribution is 0.132. The van der Waals surface area contributed by atoms with E-state index in [-0.39, 0.29) is 6.61 Å². The summed E-state index contributed by atoms with van der Waals surface area (Å²) in [7, 11) is 0. The molecule has 2 aromatic rings. The zero-order valence-corrected chi connectivity index (χ0v) is 10.9. The topological polar surface area (TPSA) is 34.5 Å². The summed E-state index contributed by atoms with van der Waals surface area (Å²) in [6.45, 7) is 0.236. The lowest BCUT2D eigenvalue weighted by atomic mass is 10.2. The zero-order chi connectivity index (χ0) is 12.8. The van der Waals surface area contributed by atoms with Gasteiger partial charge < -0.3 is 4.84 Å². The van der Waals surface area contributed by atoms with Gasteiger partial charge in [0.25, 0.3) is 0 Å². The van der Waals surface area contributed by atoms with Crippen molar-refractivity contribution < 1.29 is 4.84 Å². The zero-order valence-electron chi connectivity index (χ0n) is 9.38. The number of pyridine rings is 1. The molecule has 0 radical (unpaired) electrons. The molecule has 2 rings (SSSR count).